The van der Waals surface area contributed by atoms with Crippen LogP contribution in [0.2, 0.25) is 0 Å². The Bertz CT molecular complexity index is 1010. The number of amides is 1. The zero-order valence-corrected chi connectivity index (χ0v) is 18.2. The van der Waals surface area contributed by atoms with Gasteiger partial charge in [-0.1, -0.05) is 0 Å². The van der Waals surface area contributed by atoms with Crippen LogP contribution in [0.25, 0.3) is 11.3 Å². The molecular formula is C21H28N8O2. The van der Waals surface area contributed by atoms with Crippen LogP contribution in [-0.2, 0) is 16.0 Å². The average Bonchev–Trinajstić information content (AvgIpc) is 3.16. The molecule has 3 aliphatic rings. The topological polar surface area (TPSA) is 114 Å². The van der Waals surface area contributed by atoms with Gasteiger partial charge in [-0.3, -0.25) is 4.79 Å². The first-order valence-electron chi connectivity index (χ1n) is 10.7. The van der Waals surface area contributed by atoms with Gasteiger partial charge in [-0.2, -0.15) is 4.98 Å². The number of carbonyl (C=O) groups is 1. The molecule has 0 aliphatic carbocycles. The van der Waals surface area contributed by atoms with Crippen LogP contribution in [0.15, 0.2) is 12.4 Å². The molecule has 1 amide bonds. The molecule has 3 aliphatic heterocycles. The number of fused-ring (bicyclic) bond motifs is 1. The summed E-state index contributed by atoms with van der Waals surface area (Å²) in [6.07, 6.45) is 4.29. The van der Waals surface area contributed by atoms with Gasteiger partial charge in [0.1, 0.15) is 5.82 Å². The second kappa shape index (κ2) is 7.30. The fraction of sp³-hybridized carbons (Fsp3) is 0.571. The monoisotopic (exact) mass is 424 g/mol. The van der Waals surface area contributed by atoms with Crippen molar-refractivity contribution >= 4 is 23.6 Å². The molecule has 10 nitrogen and oxygen atoms in total. The highest BCUT2D eigenvalue weighted by molar-refractivity contribution is 5.77. The molecule has 0 bridgehead atoms. The predicted octanol–water partition coefficient (Wildman–Crippen LogP) is 0.724. The lowest BCUT2D eigenvalue weighted by Crippen LogP contribution is -2.69. The zero-order chi connectivity index (χ0) is 21.8. The van der Waals surface area contributed by atoms with Gasteiger partial charge in [-0.15, -0.1) is 0 Å². The highest BCUT2D eigenvalue weighted by atomic mass is 16.5. The Morgan fingerprint density at radius 2 is 1.97 bits per heavy atom. The Morgan fingerprint density at radius 3 is 2.65 bits per heavy atom. The fourth-order valence-electron chi connectivity index (χ4n) is 4.79. The van der Waals surface area contributed by atoms with Gasteiger partial charge in [0.2, 0.25) is 17.8 Å². The van der Waals surface area contributed by atoms with Crippen LogP contribution < -0.4 is 15.5 Å². The minimum absolute atomic E-state index is 0.113. The van der Waals surface area contributed by atoms with Crippen molar-refractivity contribution in [1.82, 2.24) is 24.8 Å². The van der Waals surface area contributed by atoms with Crippen LogP contribution in [0.5, 0.6) is 0 Å². The van der Waals surface area contributed by atoms with Crippen LogP contribution in [0, 0.1) is 0 Å². The standard InChI is InChI=1S/C21H28N8O2/c1-13-10-31-7-6-28(13)20-25-17(15-8-23-19(22)24-9-15)16-4-5-29(18(16)26-20)21(3)11-27(12-21)14(2)30/h8-9,13H,4-7,10-12H2,1-3H3,(H2,22,23,24)/t13-/m0/s1. The third-order valence-electron chi connectivity index (χ3n) is 6.54. The molecule has 2 saturated heterocycles. The van der Waals surface area contributed by atoms with Crippen molar-refractivity contribution in [3.63, 3.8) is 0 Å². The van der Waals surface area contributed by atoms with Crippen molar-refractivity contribution in [3.05, 3.63) is 18.0 Å². The lowest BCUT2D eigenvalue weighted by molar-refractivity contribution is -0.135. The number of likely N-dealkylation sites (tertiary alicyclic amines) is 1. The van der Waals surface area contributed by atoms with E-state index in [1.165, 1.54) is 0 Å². The van der Waals surface area contributed by atoms with Crippen LogP contribution in [-0.4, -0.2) is 81.7 Å². The second-order valence-corrected chi connectivity index (χ2v) is 8.90. The maximum atomic E-state index is 11.8. The number of nitrogen functional groups attached to an aromatic ring is 1. The first-order chi connectivity index (χ1) is 14.9. The van der Waals surface area contributed by atoms with E-state index in [0.29, 0.717) is 32.3 Å². The van der Waals surface area contributed by atoms with E-state index in [1.807, 2.05) is 4.90 Å². The van der Waals surface area contributed by atoms with Gasteiger partial charge in [-0.25, -0.2) is 15.0 Å². The molecule has 10 heteroatoms. The average molecular weight is 425 g/mol. The molecular weight excluding hydrogens is 396 g/mol. The fourth-order valence-corrected chi connectivity index (χ4v) is 4.79. The summed E-state index contributed by atoms with van der Waals surface area (Å²) in [7, 11) is 0. The van der Waals surface area contributed by atoms with Crippen molar-refractivity contribution in [1.29, 1.82) is 0 Å². The number of rotatable bonds is 3. The summed E-state index contributed by atoms with van der Waals surface area (Å²) in [4.78, 5) is 36.6. The number of hydrogen-bond donors (Lipinski definition) is 1. The second-order valence-electron chi connectivity index (χ2n) is 8.90. The van der Waals surface area contributed by atoms with Crippen LogP contribution in [0.4, 0.5) is 17.7 Å². The number of carbonyl (C=O) groups excluding carboxylic acids is 1. The molecule has 2 N–H and O–H groups in total. The minimum Gasteiger partial charge on any atom is -0.377 e. The maximum absolute atomic E-state index is 11.8. The third kappa shape index (κ3) is 3.34. The molecule has 5 heterocycles. The molecule has 0 spiro atoms. The first-order valence-corrected chi connectivity index (χ1v) is 10.7. The van der Waals surface area contributed by atoms with E-state index in [0.717, 1.165) is 42.1 Å². The summed E-state index contributed by atoms with van der Waals surface area (Å²) in [5.41, 5.74) is 8.36. The van der Waals surface area contributed by atoms with E-state index in [4.69, 9.17) is 20.4 Å². The van der Waals surface area contributed by atoms with Crippen molar-refractivity contribution in [2.45, 2.75) is 38.8 Å². The zero-order valence-electron chi connectivity index (χ0n) is 18.2. The van der Waals surface area contributed by atoms with E-state index in [1.54, 1.807) is 19.3 Å². The number of ether oxygens (including phenoxy) is 1. The Kier molecular flexibility index (Phi) is 4.69. The molecule has 0 radical (unpaired) electrons. The summed E-state index contributed by atoms with van der Waals surface area (Å²) >= 11 is 0. The summed E-state index contributed by atoms with van der Waals surface area (Å²) in [5.74, 6) is 1.99. The first kappa shape index (κ1) is 19.9. The van der Waals surface area contributed by atoms with E-state index in [2.05, 4.69) is 33.6 Å². The number of anilines is 3. The van der Waals surface area contributed by atoms with E-state index >= 15 is 0 Å². The molecule has 1 atom stereocenters. The highest BCUT2D eigenvalue weighted by Crippen LogP contribution is 2.41. The van der Waals surface area contributed by atoms with Crippen molar-refractivity contribution < 1.29 is 9.53 Å². The highest BCUT2D eigenvalue weighted by Gasteiger charge is 2.48. The molecule has 5 rings (SSSR count). The lowest BCUT2D eigenvalue weighted by atomic mass is 9.90. The molecule has 2 aromatic heterocycles. The predicted molar refractivity (Wildman–Crippen MR) is 117 cm³/mol. The molecule has 164 valence electrons. The van der Waals surface area contributed by atoms with Crippen LogP contribution >= 0.6 is 0 Å². The van der Waals surface area contributed by atoms with Gasteiger partial charge < -0.3 is 25.2 Å². The quantitative estimate of drug-likeness (QED) is 0.761. The molecule has 0 unspecified atom stereocenters. The summed E-state index contributed by atoms with van der Waals surface area (Å²) in [6, 6.07) is 0.185. The Balaban J connectivity index is 1.58. The van der Waals surface area contributed by atoms with Gasteiger partial charge in [-0.05, 0) is 20.3 Å². The van der Waals surface area contributed by atoms with Gasteiger partial charge in [0.15, 0.2) is 0 Å². The van der Waals surface area contributed by atoms with Crippen molar-refractivity contribution in [3.8, 4) is 11.3 Å². The lowest BCUT2D eigenvalue weighted by Gasteiger charge is -2.53. The third-order valence-corrected chi connectivity index (χ3v) is 6.54. The van der Waals surface area contributed by atoms with E-state index in [9.17, 15) is 4.79 Å². The number of nitrogens with two attached hydrogens (primary N) is 1. The normalized spacial score (nSPS) is 22.3. The summed E-state index contributed by atoms with van der Waals surface area (Å²) < 4.78 is 5.61. The summed E-state index contributed by atoms with van der Waals surface area (Å²) in [5, 5.41) is 0. The SMILES string of the molecule is CC(=O)N1CC(C)(N2CCc3c(-c4cnc(N)nc4)nc(N4CCOC[C@@H]4C)nc32)C1. The Labute approximate surface area is 181 Å². The number of hydrogen-bond acceptors (Lipinski definition) is 9. The van der Waals surface area contributed by atoms with Crippen molar-refractivity contribution in [2.24, 2.45) is 0 Å². The van der Waals surface area contributed by atoms with Gasteiger partial charge in [0.05, 0.1) is 30.5 Å². The van der Waals surface area contributed by atoms with Gasteiger partial charge in [0.25, 0.3) is 0 Å². The number of aromatic nitrogens is 4. The van der Waals surface area contributed by atoms with Gasteiger partial charge >= 0.3 is 0 Å². The smallest absolute Gasteiger partial charge is 0.228 e. The Morgan fingerprint density at radius 1 is 1.23 bits per heavy atom. The Hall–Kier alpha value is -3.01. The van der Waals surface area contributed by atoms with E-state index < -0.39 is 0 Å². The largest absolute Gasteiger partial charge is 0.377 e. The summed E-state index contributed by atoms with van der Waals surface area (Å²) in [6.45, 7) is 10.2. The maximum Gasteiger partial charge on any atom is 0.228 e. The van der Waals surface area contributed by atoms with E-state index in [-0.39, 0.29) is 23.4 Å². The minimum atomic E-state index is -0.131. The van der Waals surface area contributed by atoms with Crippen LogP contribution in [0.1, 0.15) is 26.3 Å². The molecule has 0 aromatic carbocycles. The molecule has 2 fully saturated rings. The van der Waals surface area contributed by atoms with Crippen molar-refractivity contribution in [2.75, 3.05) is 54.9 Å². The number of nitrogens with zero attached hydrogens (tertiary/aromatic N) is 7. The molecule has 2 aromatic rings. The van der Waals surface area contributed by atoms with Crippen LogP contribution in [0.3, 0.4) is 0 Å². The number of morpholine rings is 1. The molecule has 0 saturated carbocycles. The van der Waals surface area contributed by atoms with Gasteiger partial charge in [0, 0.05) is 56.6 Å². The molecule has 31 heavy (non-hydrogen) atoms.